The van der Waals surface area contributed by atoms with E-state index in [0.29, 0.717) is 17.0 Å². The molecule has 2 aromatic rings. The molecule has 0 saturated carbocycles. The molecule has 0 unspecified atom stereocenters. The number of anilines is 1. The molecule has 8 nitrogen and oxygen atoms in total. The van der Waals surface area contributed by atoms with Gasteiger partial charge in [-0.25, -0.2) is 4.79 Å². The standard InChI is InChI=1S/C13H16N4O4/c1-7-10(8(2)21-16-7)11(18)14-9-5-6-17(15-9)13(3,4)12(19)20/h5-6H,1-4H3,(H,19,20)(H,14,15,18). The van der Waals surface area contributed by atoms with Crippen LogP contribution in [0, 0.1) is 13.8 Å². The molecule has 1 amide bonds. The average molecular weight is 292 g/mol. The van der Waals surface area contributed by atoms with Gasteiger partial charge in [0.25, 0.3) is 5.91 Å². The van der Waals surface area contributed by atoms with Gasteiger partial charge in [-0.05, 0) is 27.7 Å². The molecule has 0 fully saturated rings. The number of aryl methyl sites for hydroxylation is 2. The van der Waals surface area contributed by atoms with E-state index in [0.717, 1.165) is 0 Å². The van der Waals surface area contributed by atoms with Gasteiger partial charge in [0.15, 0.2) is 11.4 Å². The zero-order valence-electron chi connectivity index (χ0n) is 12.2. The number of carbonyl (C=O) groups excluding carboxylic acids is 1. The van der Waals surface area contributed by atoms with Crippen molar-refractivity contribution in [2.45, 2.75) is 33.2 Å². The second kappa shape index (κ2) is 5.04. The maximum absolute atomic E-state index is 12.1. The summed E-state index contributed by atoms with van der Waals surface area (Å²) in [6, 6.07) is 1.53. The van der Waals surface area contributed by atoms with Gasteiger partial charge in [-0.3, -0.25) is 9.48 Å². The topological polar surface area (TPSA) is 110 Å². The third kappa shape index (κ3) is 2.64. The van der Waals surface area contributed by atoms with Gasteiger partial charge in [-0.1, -0.05) is 5.16 Å². The summed E-state index contributed by atoms with van der Waals surface area (Å²) in [6.45, 7) is 6.34. The first kappa shape index (κ1) is 14.8. The number of carboxylic acid groups (broad SMARTS) is 1. The van der Waals surface area contributed by atoms with Crippen molar-refractivity contribution in [3.05, 3.63) is 29.3 Å². The molecule has 2 N–H and O–H groups in total. The van der Waals surface area contributed by atoms with Gasteiger partial charge in [-0.2, -0.15) is 5.10 Å². The number of nitrogens with zero attached hydrogens (tertiary/aromatic N) is 3. The van der Waals surface area contributed by atoms with Crippen molar-refractivity contribution in [1.29, 1.82) is 0 Å². The van der Waals surface area contributed by atoms with E-state index in [2.05, 4.69) is 15.6 Å². The summed E-state index contributed by atoms with van der Waals surface area (Å²) in [5.74, 6) is -0.747. The fraction of sp³-hybridized carbons (Fsp3) is 0.385. The molecule has 0 atom stereocenters. The maximum Gasteiger partial charge on any atom is 0.331 e. The first-order valence-electron chi connectivity index (χ1n) is 6.27. The molecule has 0 saturated heterocycles. The maximum atomic E-state index is 12.1. The van der Waals surface area contributed by atoms with Crippen molar-refractivity contribution in [3.8, 4) is 0 Å². The van der Waals surface area contributed by atoms with Gasteiger partial charge >= 0.3 is 5.97 Å². The fourth-order valence-corrected chi connectivity index (χ4v) is 1.79. The van der Waals surface area contributed by atoms with E-state index in [4.69, 9.17) is 9.63 Å². The van der Waals surface area contributed by atoms with E-state index in [1.54, 1.807) is 13.8 Å². The number of carbonyl (C=O) groups is 2. The number of nitrogens with one attached hydrogen (secondary N) is 1. The van der Waals surface area contributed by atoms with Gasteiger partial charge in [0.2, 0.25) is 0 Å². The molecular formula is C13H16N4O4. The van der Waals surface area contributed by atoms with E-state index in [1.807, 2.05) is 0 Å². The molecule has 2 heterocycles. The van der Waals surface area contributed by atoms with E-state index >= 15 is 0 Å². The molecule has 0 aliphatic heterocycles. The van der Waals surface area contributed by atoms with E-state index in [9.17, 15) is 9.59 Å². The fourth-order valence-electron chi connectivity index (χ4n) is 1.79. The normalized spacial score (nSPS) is 11.4. The summed E-state index contributed by atoms with van der Waals surface area (Å²) in [5, 5.41) is 19.5. The summed E-state index contributed by atoms with van der Waals surface area (Å²) in [5.41, 5.74) is -0.372. The minimum atomic E-state index is -1.20. The highest BCUT2D eigenvalue weighted by Crippen LogP contribution is 2.18. The zero-order valence-corrected chi connectivity index (χ0v) is 12.2. The molecule has 2 aromatic heterocycles. The number of aliphatic carboxylic acids is 1. The van der Waals surface area contributed by atoms with Crippen molar-refractivity contribution in [2.24, 2.45) is 0 Å². The minimum Gasteiger partial charge on any atom is -0.479 e. The van der Waals surface area contributed by atoms with Crippen molar-refractivity contribution in [3.63, 3.8) is 0 Å². The van der Waals surface area contributed by atoms with Gasteiger partial charge in [0.05, 0.1) is 5.69 Å². The lowest BCUT2D eigenvalue weighted by Gasteiger charge is -2.19. The van der Waals surface area contributed by atoms with Crippen molar-refractivity contribution < 1.29 is 19.2 Å². The Morgan fingerprint density at radius 3 is 2.57 bits per heavy atom. The summed E-state index contributed by atoms with van der Waals surface area (Å²) < 4.78 is 6.21. The predicted octanol–water partition coefficient (Wildman–Crippen LogP) is 1.56. The van der Waals surface area contributed by atoms with Crippen molar-refractivity contribution in [1.82, 2.24) is 14.9 Å². The van der Waals surface area contributed by atoms with Crippen LogP contribution in [0.25, 0.3) is 0 Å². The minimum absolute atomic E-state index is 0.259. The average Bonchev–Trinajstić information content (AvgIpc) is 2.97. The Hall–Kier alpha value is -2.64. The highest BCUT2D eigenvalue weighted by atomic mass is 16.5. The van der Waals surface area contributed by atoms with Crippen molar-refractivity contribution in [2.75, 3.05) is 5.32 Å². The zero-order chi connectivity index (χ0) is 15.8. The Bertz CT molecular complexity index is 679. The quantitative estimate of drug-likeness (QED) is 0.884. The van der Waals surface area contributed by atoms with Gasteiger partial charge < -0.3 is 14.9 Å². The number of carboxylic acids is 1. The lowest BCUT2D eigenvalue weighted by atomic mass is 10.1. The van der Waals surface area contributed by atoms with Crippen LogP contribution in [0.15, 0.2) is 16.8 Å². The number of amides is 1. The number of rotatable bonds is 4. The van der Waals surface area contributed by atoms with Crippen LogP contribution in [0.4, 0.5) is 5.82 Å². The summed E-state index contributed by atoms with van der Waals surface area (Å²) >= 11 is 0. The van der Waals surface area contributed by atoms with Crippen LogP contribution < -0.4 is 5.32 Å². The molecule has 8 heteroatoms. The Kier molecular flexibility index (Phi) is 3.54. The summed E-state index contributed by atoms with van der Waals surface area (Å²) in [7, 11) is 0. The van der Waals surface area contributed by atoms with Gasteiger partial charge in [0, 0.05) is 12.3 Å². The summed E-state index contributed by atoms with van der Waals surface area (Å²) in [4.78, 5) is 23.3. The van der Waals surface area contributed by atoms with Crippen LogP contribution >= 0.6 is 0 Å². The van der Waals surface area contributed by atoms with Gasteiger partial charge in [-0.15, -0.1) is 0 Å². The number of aromatic nitrogens is 3. The molecule has 0 aliphatic carbocycles. The highest BCUT2D eigenvalue weighted by Gasteiger charge is 2.30. The summed E-state index contributed by atoms with van der Waals surface area (Å²) in [6.07, 6.45) is 1.50. The molecule has 0 spiro atoms. The Labute approximate surface area is 120 Å². The Balaban J connectivity index is 2.21. The van der Waals surface area contributed by atoms with Crippen LogP contribution in [0.3, 0.4) is 0 Å². The molecule has 0 radical (unpaired) electrons. The third-order valence-corrected chi connectivity index (χ3v) is 3.19. The van der Waals surface area contributed by atoms with Gasteiger partial charge in [0.1, 0.15) is 11.3 Å². The van der Waals surface area contributed by atoms with Crippen LogP contribution in [-0.4, -0.2) is 31.9 Å². The van der Waals surface area contributed by atoms with E-state index in [1.165, 1.54) is 30.8 Å². The Morgan fingerprint density at radius 2 is 2.05 bits per heavy atom. The lowest BCUT2D eigenvalue weighted by Crippen LogP contribution is -2.36. The lowest BCUT2D eigenvalue weighted by molar-refractivity contribution is -0.146. The molecular weight excluding hydrogens is 276 g/mol. The Morgan fingerprint density at radius 1 is 1.38 bits per heavy atom. The number of hydrogen-bond donors (Lipinski definition) is 2. The largest absolute Gasteiger partial charge is 0.479 e. The third-order valence-electron chi connectivity index (χ3n) is 3.19. The monoisotopic (exact) mass is 292 g/mol. The molecule has 0 bridgehead atoms. The van der Waals surface area contributed by atoms with E-state index < -0.39 is 17.4 Å². The van der Waals surface area contributed by atoms with Crippen LogP contribution in [0.5, 0.6) is 0 Å². The number of hydrogen-bond acceptors (Lipinski definition) is 5. The molecule has 0 aromatic carbocycles. The SMILES string of the molecule is Cc1noc(C)c1C(=O)Nc1ccn(C(C)(C)C(=O)O)n1. The van der Waals surface area contributed by atoms with Crippen LogP contribution in [-0.2, 0) is 10.3 Å². The molecule has 0 aliphatic rings. The molecule has 2 rings (SSSR count). The predicted molar refractivity (Wildman–Crippen MR) is 73.1 cm³/mol. The molecule has 112 valence electrons. The second-order valence-electron chi connectivity index (χ2n) is 5.16. The smallest absolute Gasteiger partial charge is 0.331 e. The second-order valence-corrected chi connectivity index (χ2v) is 5.16. The highest BCUT2D eigenvalue weighted by molar-refractivity contribution is 6.05. The first-order chi connectivity index (χ1) is 9.73. The van der Waals surface area contributed by atoms with Crippen LogP contribution in [0.2, 0.25) is 0 Å². The molecule has 21 heavy (non-hydrogen) atoms. The van der Waals surface area contributed by atoms with E-state index in [-0.39, 0.29) is 5.82 Å². The van der Waals surface area contributed by atoms with Crippen molar-refractivity contribution >= 4 is 17.7 Å². The van der Waals surface area contributed by atoms with Crippen LogP contribution in [0.1, 0.15) is 35.7 Å². The first-order valence-corrected chi connectivity index (χ1v) is 6.27.